The zero-order valence-electron chi connectivity index (χ0n) is 10.6. The number of benzene rings is 1. The number of aliphatic imine (C=N–C) groups is 1. The van der Waals surface area contributed by atoms with Crippen LogP contribution in [-0.2, 0) is 0 Å². The number of allylic oxidation sites excluding steroid dienone is 3. The molecule has 2 rings (SSSR count). The van der Waals surface area contributed by atoms with Crippen molar-refractivity contribution < 1.29 is 0 Å². The van der Waals surface area contributed by atoms with Gasteiger partial charge in [0.05, 0.1) is 21.8 Å². The molecule has 20 heavy (non-hydrogen) atoms. The van der Waals surface area contributed by atoms with Gasteiger partial charge in [0, 0.05) is 0 Å². The molecule has 3 atom stereocenters. The van der Waals surface area contributed by atoms with E-state index in [1.165, 1.54) is 11.8 Å². The van der Waals surface area contributed by atoms with Gasteiger partial charge in [0.1, 0.15) is 0 Å². The van der Waals surface area contributed by atoms with Crippen LogP contribution in [0.5, 0.6) is 0 Å². The average Bonchev–Trinajstić information content (AvgIpc) is 2.44. The molecule has 106 valence electrons. The zero-order chi connectivity index (χ0) is 14.5. The Labute approximate surface area is 132 Å². The summed E-state index contributed by atoms with van der Waals surface area (Å²) in [7, 11) is 0. The highest BCUT2D eigenvalue weighted by atomic mass is 35.5. The van der Waals surface area contributed by atoms with Crippen molar-refractivity contribution in [1.29, 1.82) is 0 Å². The van der Waals surface area contributed by atoms with E-state index in [0.717, 1.165) is 5.56 Å². The minimum absolute atomic E-state index is 0.212. The molecule has 6 heteroatoms. The molecule has 0 radical (unpaired) electrons. The molecule has 0 bridgehead atoms. The molecule has 4 N–H and O–H groups in total. The SMILES string of the molecule is NC(=NC1=CC(Cl)C(Cl)C=C1)SC(N)c1ccccc1. The van der Waals surface area contributed by atoms with E-state index in [4.69, 9.17) is 34.7 Å². The molecule has 0 saturated carbocycles. The second kappa shape index (κ2) is 7.18. The number of hydrogen-bond donors (Lipinski definition) is 2. The van der Waals surface area contributed by atoms with Crippen LogP contribution in [0, 0.1) is 0 Å². The lowest BCUT2D eigenvalue weighted by Gasteiger charge is -2.14. The smallest absolute Gasteiger partial charge is 0.161 e. The number of hydrogen-bond acceptors (Lipinski definition) is 3. The number of nitrogens with zero attached hydrogens (tertiary/aromatic N) is 1. The predicted octanol–water partition coefficient (Wildman–Crippen LogP) is 3.36. The van der Waals surface area contributed by atoms with E-state index in [2.05, 4.69) is 4.99 Å². The Hall–Kier alpha value is -0.940. The molecular formula is C14H15Cl2N3S. The summed E-state index contributed by atoms with van der Waals surface area (Å²) in [6.45, 7) is 0. The number of rotatable bonds is 3. The molecule has 0 heterocycles. The average molecular weight is 328 g/mol. The van der Waals surface area contributed by atoms with Gasteiger partial charge in [0.25, 0.3) is 0 Å². The number of thioether (sulfide) groups is 1. The Kier molecular flexibility index (Phi) is 5.54. The lowest BCUT2D eigenvalue weighted by Crippen LogP contribution is -2.16. The molecule has 0 fully saturated rings. The van der Waals surface area contributed by atoms with Gasteiger partial charge in [-0.15, -0.1) is 23.2 Å². The third-order valence-corrected chi connectivity index (χ3v) is 4.50. The second-order valence-corrected chi connectivity index (χ2v) is 6.41. The normalized spacial score (nSPS) is 24.4. The van der Waals surface area contributed by atoms with Gasteiger partial charge in [-0.2, -0.15) is 0 Å². The van der Waals surface area contributed by atoms with Crippen LogP contribution in [0.1, 0.15) is 10.9 Å². The van der Waals surface area contributed by atoms with Gasteiger partial charge in [-0.3, -0.25) is 0 Å². The van der Waals surface area contributed by atoms with Crippen LogP contribution >= 0.6 is 35.0 Å². The van der Waals surface area contributed by atoms with E-state index >= 15 is 0 Å². The summed E-state index contributed by atoms with van der Waals surface area (Å²) < 4.78 is 0. The summed E-state index contributed by atoms with van der Waals surface area (Å²) in [5.41, 5.74) is 13.7. The fraction of sp³-hybridized carbons (Fsp3) is 0.214. The minimum atomic E-state index is -0.277. The molecular weight excluding hydrogens is 313 g/mol. The third-order valence-electron chi connectivity index (χ3n) is 2.70. The molecule has 1 aromatic carbocycles. The lowest BCUT2D eigenvalue weighted by atomic mass is 10.1. The van der Waals surface area contributed by atoms with E-state index in [1.54, 1.807) is 18.2 Å². The highest BCUT2D eigenvalue weighted by molar-refractivity contribution is 8.13. The fourth-order valence-corrected chi connectivity index (χ4v) is 2.75. The molecule has 1 aliphatic rings. The highest BCUT2D eigenvalue weighted by Crippen LogP contribution is 2.25. The first-order valence-electron chi connectivity index (χ1n) is 6.06. The maximum atomic E-state index is 6.07. The number of alkyl halides is 2. The molecule has 3 nitrogen and oxygen atoms in total. The Morgan fingerprint density at radius 1 is 1.20 bits per heavy atom. The van der Waals surface area contributed by atoms with Crippen molar-refractivity contribution >= 4 is 40.1 Å². The van der Waals surface area contributed by atoms with Crippen LogP contribution in [0.2, 0.25) is 0 Å². The van der Waals surface area contributed by atoms with Gasteiger partial charge < -0.3 is 11.5 Å². The topological polar surface area (TPSA) is 64.4 Å². The molecule has 0 spiro atoms. The van der Waals surface area contributed by atoms with Crippen molar-refractivity contribution in [1.82, 2.24) is 0 Å². The van der Waals surface area contributed by atoms with E-state index in [-0.39, 0.29) is 16.1 Å². The Bertz CT molecular complexity index is 543. The van der Waals surface area contributed by atoms with Crippen molar-refractivity contribution in [3.63, 3.8) is 0 Å². The fourth-order valence-electron chi connectivity index (χ4n) is 1.68. The molecule has 0 aromatic heterocycles. The summed E-state index contributed by atoms with van der Waals surface area (Å²) in [6, 6.07) is 9.73. The molecule has 0 amide bonds. The summed E-state index contributed by atoms with van der Waals surface area (Å²) in [5.74, 6) is 0. The number of nitrogens with two attached hydrogens (primary N) is 2. The third kappa shape index (κ3) is 4.28. The molecule has 1 aromatic rings. The Morgan fingerprint density at radius 3 is 2.55 bits per heavy atom. The summed E-state index contributed by atoms with van der Waals surface area (Å²) in [6.07, 6.45) is 5.38. The van der Waals surface area contributed by atoms with E-state index in [9.17, 15) is 0 Å². The van der Waals surface area contributed by atoms with Crippen LogP contribution in [0.25, 0.3) is 0 Å². The predicted molar refractivity (Wildman–Crippen MR) is 89.1 cm³/mol. The molecule has 0 saturated heterocycles. The maximum Gasteiger partial charge on any atom is 0.161 e. The van der Waals surface area contributed by atoms with Gasteiger partial charge in [-0.1, -0.05) is 48.2 Å². The van der Waals surface area contributed by atoms with Crippen LogP contribution in [-0.4, -0.2) is 15.9 Å². The molecule has 1 aliphatic carbocycles. The van der Waals surface area contributed by atoms with Gasteiger partial charge in [0.15, 0.2) is 5.17 Å². The van der Waals surface area contributed by atoms with Crippen molar-refractivity contribution in [2.45, 2.75) is 16.1 Å². The minimum Gasteiger partial charge on any atom is -0.378 e. The summed E-state index contributed by atoms with van der Waals surface area (Å²) in [5, 5.41) is -0.341. The van der Waals surface area contributed by atoms with Crippen molar-refractivity contribution in [2.75, 3.05) is 0 Å². The zero-order valence-corrected chi connectivity index (χ0v) is 12.9. The van der Waals surface area contributed by atoms with Crippen molar-refractivity contribution in [2.24, 2.45) is 16.5 Å². The van der Waals surface area contributed by atoms with Gasteiger partial charge in [0.2, 0.25) is 0 Å². The van der Waals surface area contributed by atoms with Crippen molar-refractivity contribution in [3.05, 3.63) is 59.8 Å². The Morgan fingerprint density at radius 2 is 1.90 bits per heavy atom. The highest BCUT2D eigenvalue weighted by Gasteiger charge is 2.16. The van der Waals surface area contributed by atoms with E-state index < -0.39 is 0 Å². The Balaban J connectivity index is 2.02. The molecule has 3 unspecified atom stereocenters. The number of amidine groups is 1. The first-order valence-corrected chi connectivity index (χ1v) is 7.81. The van der Waals surface area contributed by atoms with Crippen LogP contribution < -0.4 is 11.5 Å². The monoisotopic (exact) mass is 327 g/mol. The molecule has 0 aliphatic heterocycles. The second-order valence-electron chi connectivity index (χ2n) is 4.24. The largest absolute Gasteiger partial charge is 0.378 e. The summed E-state index contributed by atoms with van der Waals surface area (Å²) >= 11 is 13.3. The van der Waals surface area contributed by atoms with E-state index in [1.807, 2.05) is 30.3 Å². The van der Waals surface area contributed by atoms with Gasteiger partial charge >= 0.3 is 0 Å². The van der Waals surface area contributed by atoms with Gasteiger partial charge in [-0.25, -0.2) is 4.99 Å². The maximum absolute atomic E-state index is 6.07. The van der Waals surface area contributed by atoms with Crippen LogP contribution in [0.3, 0.4) is 0 Å². The number of halogens is 2. The first kappa shape index (κ1) is 15.4. The van der Waals surface area contributed by atoms with Crippen LogP contribution in [0.4, 0.5) is 0 Å². The van der Waals surface area contributed by atoms with Crippen LogP contribution in [0.15, 0.2) is 59.2 Å². The van der Waals surface area contributed by atoms with E-state index in [0.29, 0.717) is 10.9 Å². The van der Waals surface area contributed by atoms with Gasteiger partial charge in [-0.05, 0) is 17.7 Å². The van der Waals surface area contributed by atoms with Crippen molar-refractivity contribution in [3.8, 4) is 0 Å². The summed E-state index contributed by atoms with van der Waals surface area (Å²) in [4.78, 5) is 4.29. The standard InChI is InChI=1S/C14H15Cl2N3S/c15-11-7-6-10(8-12(11)16)19-14(18)20-13(17)9-4-2-1-3-5-9/h1-8,11-13H,17H2,(H2,18,19). The quantitative estimate of drug-likeness (QED) is 0.387. The lowest BCUT2D eigenvalue weighted by molar-refractivity contribution is 1.02. The first-order chi connectivity index (χ1) is 9.56.